The second-order valence-electron chi connectivity index (χ2n) is 4.61. The number of benzene rings is 2. The zero-order valence-corrected chi connectivity index (χ0v) is 13.7. The molecule has 0 aliphatic carbocycles. The van der Waals surface area contributed by atoms with Crippen molar-refractivity contribution in [2.45, 2.75) is 6.92 Å². The molecule has 0 radical (unpaired) electrons. The Balaban J connectivity index is 1.92. The molecule has 0 spiro atoms. The number of carbonyl (C=O) groups excluding carboxylic acids is 1. The summed E-state index contributed by atoms with van der Waals surface area (Å²) in [5, 5.41) is 14.4. The second kappa shape index (κ2) is 7.85. The molecule has 1 amide bonds. The summed E-state index contributed by atoms with van der Waals surface area (Å²) in [6.07, 6.45) is 0. The Morgan fingerprint density at radius 1 is 1.26 bits per heavy atom. The van der Waals surface area contributed by atoms with Crippen molar-refractivity contribution in [3.8, 4) is 11.5 Å². The van der Waals surface area contributed by atoms with Crippen LogP contribution in [0.4, 0.5) is 0 Å². The average molecular weight is 353 g/mol. The average Bonchev–Trinajstić information content (AvgIpc) is 2.52. The normalized spacial score (nSPS) is 11.2. The van der Waals surface area contributed by atoms with Gasteiger partial charge in [0, 0.05) is 10.6 Å². The number of amides is 1. The number of hydrazone groups is 1. The SMILES string of the molecule is C/C(=N/NC(=O)COc1ccc(Cl)cc1Cl)c1ccccc1O. The van der Waals surface area contributed by atoms with Crippen LogP contribution in [0.2, 0.25) is 10.0 Å². The van der Waals surface area contributed by atoms with E-state index < -0.39 is 5.91 Å². The molecule has 23 heavy (non-hydrogen) atoms. The van der Waals surface area contributed by atoms with Gasteiger partial charge in [-0.15, -0.1) is 0 Å². The van der Waals surface area contributed by atoms with Gasteiger partial charge in [0.2, 0.25) is 0 Å². The Morgan fingerprint density at radius 2 is 2.00 bits per heavy atom. The van der Waals surface area contributed by atoms with E-state index in [4.69, 9.17) is 27.9 Å². The second-order valence-corrected chi connectivity index (χ2v) is 5.46. The van der Waals surface area contributed by atoms with Crippen molar-refractivity contribution in [2.24, 2.45) is 5.10 Å². The Bertz CT molecular complexity index is 748. The standard InChI is InChI=1S/C16H14Cl2N2O3/c1-10(12-4-2-3-5-14(12)21)19-20-16(22)9-23-15-7-6-11(17)8-13(15)18/h2-8,21H,9H2,1H3,(H,20,22)/b19-10-. The van der Waals surface area contributed by atoms with Crippen LogP contribution in [0.5, 0.6) is 11.5 Å². The first-order chi connectivity index (χ1) is 11.0. The molecule has 0 fully saturated rings. The first-order valence-corrected chi connectivity index (χ1v) is 7.42. The molecule has 0 aliphatic heterocycles. The monoisotopic (exact) mass is 352 g/mol. The molecule has 0 bridgehead atoms. The predicted octanol–water partition coefficient (Wildman–Crippen LogP) is 3.62. The van der Waals surface area contributed by atoms with Crippen molar-refractivity contribution in [1.82, 2.24) is 5.43 Å². The molecule has 0 saturated heterocycles. The lowest BCUT2D eigenvalue weighted by Crippen LogP contribution is -2.25. The zero-order valence-electron chi connectivity index (χ0n) is 12.2. The number of para-hydroxylation sites is 1. The summed E-state index contributed by atoms with van der Waals surface area (Å²) >= 11 is 11.7. The minimum atomic E-state index is -0.453. The molecule has 0 heterocycles. The van der Waals surface area contributed by atoms with Crippen molar-refractivity contribution in [3.05, 3.63) is 58.1 Å². The highest BCUT2D eigenvalue weighted by Crippen LogP contribution is 2.27. The van der Waals surface area contributed by atoms with Gasteiger partial charge in [0.25, 0.3) is 5.91 Å². The van der Waals surface area contributed by atoms with Crippen LogP contribution in [0.1, 0.15) is 12.5 Å². The van der Waals surface area contributed by atoms with E-state index in [1.54, 1.807) is 43.3 Å². The van der Waals surface area contributed by atoms with Gasteiger partial charge in [0.1, 0.15) is 11.5 Å². The molecular formula is C16H14Cl2N2O3. The van der Waals surface area contributed by atoms with Crippen LogP contribution in [0.25, 0.3) is 0 Å². The lowest BCUT2D eigenvalue weighted by molar-refractivity contribution is -0.123. The first kappa shape index (κ1) is 17.1. The van der Waals surface area contributed by atoms with E-state index in [0.29, 0.717) is 27.1 Å². The Morgan fingerprint density at radius 3 is 2.70 bits per heavy atom. The van der Waals surface area contributed by atoms with Crippen LogP contribution in [0, 0.1) is 0 Å². The lowest BCUT2D eigenvalue weighted by atomic mass is 10.1. The van der Waals surface area contributed by atoms with Crippen LogP contribution in [0.15, 0.2) is 47.6 Å². The molecule has 0 unspecified atom stereocenters. The molecule has 2 aromatic carbocycles. The van der Waals surface area contributed by atoms with Crippen LogP contribution < -0.4 is 10.2 Å². The fraction of sp³-hybridized carbons (Fsp3) is 0.125. The molecule has 7 heteroatoms. The number of hydrogen-bond donors (Lipinski definition) is 2. The minimum Gasteiger partial charge on any atom is -0.507 e. The number of phenolic OH excluding ortho intramolecular Hbond substituents is 1. The van der Waals surface area contributed by atoms with Gasteiger partial charge >= 0.3 is 0 Å². The van der Waals surface area contributed by atoms with Gasteiger partial charge in [0.15, 0.2) is 6.61 Å². The van der Waals surface area contributed by atoms with Crippen molar-refractivity contribution in [2.75, 3.05) is 6.61 Å². The summed E-state index contributed by atoms with van der Waals surface area (Å²) in [6.45, 7) is 1.42. The van der Waals surface area contributed by atoms with Crippen LogP contribution in [0.3, 0.4) is 0 Å². The van der Waals surface area contributed by atoms with Gasteiger partial charge in [-0.05, 0) is 37.3 Å². The van der Waals surface area contributed by atoms with Gasteiger partial charge in [-0.25, -0.2) is 5.43 Å². The molecule has 2 N–H and O–H groups in total. The number of hydrogen-bond acceptors (Lipinski definition) is 4. The third kappa shape index (κ3) is 4.87. The van der Waals surface area contributed by atoms with Crippen molar-refractivity contribution < 1.29 is 14.6 Å². The minimum absolute atomic E-state index is 0.0900. The molecule has 2 aromatic rings. The zero-order chi connectivity index (χ0) is 16.8. The van der Waals surface area contributed by atoms with Gasteiger partial charge in [-0.2, -0.15) is 5.10 Å². The topological polar surface area (TPSA) is 70.9 Å². The summed E-state index contributed by atoms with van der Waals surface area (Å²) in [5.74, 6) is -0.00870. The Labute approximate surface area is 143 Å². The fourth-order valence-corrected chi connectivity index (χ4v) is 2.22. The molecule has 0 atom stereocenters. The van der Waals surface area contributed by atoms with E-state index >= 15 is 0 Å². The first-order valence-electron chi connectivity index (χ1n) is 6.66. The number of nitrogens with zero attached hydrogens (tertiary/aromatic N) is 1. The number of aromatic hydroxyl groups is 1. The summed E-state index contributed by atoms with van der Waals surface area (Å²) < 4.78 is 5.29. The molecule has 120 valence electrons. The van der Waals surface area contributed by atoms with Crippen LogP contribution in [-0.2, 0) is 4.79 Å². The van der Waals surface area contributed by atoms with Crippen molar-refractivity contribution in [3.63, 3.8) is 0 Å². The largest absolute Gasteiger partial charge is 0.507 e. The van der Waals surface area contributed by atoms with E-state index in [-0.39, 0.29) is 12.4 Å². The highest BCUT2D eigenvalue weighted by molar-refractivity contribution is 6.35. The van der Waals surface area contributed by atoms with Crippen molar-refractivity contribution >= 4 is 34.8 Å². The van der Waals surface area contributed by atoms with E-state index in [2.05, 4.69) is 10.5 Å². The number of rotatable bonds is 5. The maximum absolute atomic E-state index is 11.7. The Kier molecular flexibility index (Phi) is 5.84. The van der Waals surface area contributed by atoms with Gasteiger partial charge in [-0.1, -0.05) is 35.3 Å². The third-order valence-corrected chi connectivity index (χ3v) is 3.43. The molecule has 2 rings (SSSR count). The quantitative estimate of drug-likeness (QED) is 0.637. The number of halogens is 2. The molecule has 5 nitrogen and oxygen atoms in total. The van der Waals surface area contributed by atoms with E-state index in [0.717, 1.165) is 0 Å². The van der Waals surface area contributed by atoms with Gasteiger partial charge in [0.05, 0.1) is 10.7 Å². The fourth-order valence-electron chi connectivity index (χ4n) is 1.75. The molecular weight excluding hydrogens is 339 g/mol. The highest BCUT2D eigenvalue weighted by atomic mass is 35.5. The molecule has 0 aliphatic rings. The summed E-state index contributed by atoms with van der Waals surface area (Å²) in [7, 11) is 0. The summed E-state index contributed by atoms with van der Waals surface area (Å²) in [4.78, 5) is 11.7. The lowest BCUT2D eigenvalue weighted by Gasteiger charge is -2.08. The number of ether oxygens (including phenoxy) is 1. The molecule has 0 aromatic heterocycles. The summed E-state index contributed by atoms with van der Waals surface area (Å²) in [5.41, 5.74) is 3.36. The van der Waals surface area contributed by atoms with Gasteiger partial charge < -0.3 is 9.84 Å². The van der Waals surface area contributed by atoms with Crippen molar-refractivity contribution in [1.29, 1.82) is 0 Å². The Hall–Kier alpha value is -2.24. The maximum Gasteiger partial charge on any atom is 0.277 e. The van der Waals surface area contributed by atoms with Crippen LogP contribution in [-0.4, -0.2) is 23.3 Å². The third-order valence-electron chi connectivity index (χ3n) is 2.89. The number of carbonyl (C=O) groups is 1. The smallest absolute Gasteiger partial charge is 0.277 e. The van der Waals surface area contributed by atoms with E-state index in [1.807, 2.05) is 0 Å². The number of nitrogens with one attached hydrogen (secondary N) is 1. The maximum atomic E-state index is 11.7. The highest BCUT2D eigenvalue weighted by Gasteiger charge is 2.07. The van der Waals surface area contributed by atoms with E-state index in [9.17, 15) is 9.90 Å². The van der Waals surface area contributed by atoms with Crippen LogP contribution >= 0.6 is 23.2 Å². The summed E-state index contributed by atoms with van der Waals surface area (Å²) in [6, 6.07) is 11.4. The predicted molar refractivity (Wildman–Crippen MR) is 90.4 cm³/mol. The number of phenols is 1. The molecule has 0 saturated carbocycles. The van der Waals surface area contributed by atoms with E-state index in [1.165, 1.54) is 6.07 Å². The van der Waals surface area contributed by atoms with Gasteiger partial charge in [-0.3, -0.25) is 4.79 Å².